The summed E-state index contributed by atoms with van der Waals surface area (Å²) in [5.41, 5.74) is -1.39. The Labute approximate surface area is 179 Å². The molecule has 4 aliphatic carbocycles. The molecule has 168 valence electrons. The van der Waals surface area contributed by atoms with Crippen molar-refractivity contribution in [3.8, 4) is 0 Å². The number of carbonyl (C=O) groups excluding carboxylic acids is 2. The Hall–Kier alpha value is -1.14. The summed E-state index contributed by atoms with van der Waals surface area (Å²) in [4.78, 5) is 24.2. The number of carbonyl (C=O) groups is 2. The zero-order chi connectivity index (χ0) is 21.4. The molecule has 5 aliphatic rings. The molecule has 1 N–H and O–H groups in total. The van der Waals surface area contributed by atoms with Gasteiger partial charge in [-0.05, 0) is 75.5 Å². The van der Waals surface area contributed by atoms with Gasteiger partial charge in [-0.25, -0.2) is 0 Å². The summed E-state index contributed by atoms with van der Waals surface area (Å²) in [7, 11) is 0. The Morgan fingerprint density at radius 3 is 2.60 bits per heavy atom. The highest BCUT2D eigenvalue weighted by atomic mass is 16.5. The number of ether oxygens (including phenoxy) is 3. The molecule has 8 atom stereocenters. The topological polar surface area (TPSA) is 82.1 Å². The predicted octanol–water partition coefficient (Wildman–Crippen LogP) is 3.39. The van der Waals surface area contributed by atoms with Gasteiger partial charge in [0.1, 0.15) is 6.10 Å². The molecule has 0 aromatic rings. The summed E-state index contributed by atoms with van der Waals surface area (Å²) in [6.07, 6.45) is 7.35. The second-order valence-corrected chi connectivity index (χ2v) is 10.9. The number of rotatable bonds is 3. The van der Waals surface area contributed by atoms with Crippen LogP contribution in [-0.4, -0.2) is 47.6 Å². The van der Waals surface area contributed by atoms with Crippen molar-refractivity contribution in [3.05, 3.63) is 0 Å². The maximum Gasteiger partial charge on any atom is 0.309 e. The first-order chi connectivity index (χ1) is 14.2. The lowest BCUT2D eigenvalue weighted by atomic mass is 9.42. The summed E-state index contributed by atoms with van der Waals surface area (Å²) in [5.74, 6) is 0.309. The third kappa shape index (κ3) is 2.49. The van der Waals surface area contributed by atoms with Gasteiger partial charge in [0.25, 0.3) is 0 Å². The molecule has 2 bridgehead atoms. The first-order valence-corrected chi connectivity index (χ1v) is 11.9. The average molecular weight is 421 g/mol. The predicted molar refractivity (Wildman–Crippen MR) is 108 cm³/mol. The number of fused-ring (bicyclic) bond motifs is 1. The lowest BCUT2D eigenvalue weighted by Gasteiger charge is -2.63. The Morgan fingerprint density at radius 2 is 1.87 bits per heavy atom. The highest BCUT2D eigenvalue weighted by Gasteiger charge is 2.76. The molecule has 30 heavy (non-hydrogen) atoms. The van der Waals surface area contributed by atoms with Crippen molar-refractivity contribution in [1.82, 2.24) is 0 Å². The summed E-state index contributed by atoms with van der Waals surface area (Å²) in [5, 5.41) is 11.9. The van der Waals surface area contributed by atoms with Crippen LogP contribution in [0, 0.1) is 28.6 Å². The van der Waals surface area contributed by atoms with Crippen LogP contribution in [0.3, 0.4) is 0 Å². The molecule has 0 aromatic carbocycles. The van der Waals surface area contributed by atoms with Gasteiger partial charge in [-0.1, -0.05) is 6.92 Å². The molecule has 0 amide bonds. The first kappa shape index (κ1) is 20.7. The number of hydrogen-bond acceptors (Lipinski definition) is 6. The maximum atomic E-state index is 12.7. The van der Waals surface area contributed by atoms with Gasteiger partial charge in [0.2, 0.25) is 0 Å². The number of aliphatic hydroxyl groups is 1. The van der Waals surface area contributed by atoms with Gasteiger partial charge in [0, 0.05) is 18.8 Å². The van der Waals surface area contributed by atoms with Gasteiger partial charge >= 0.3 is 11.9 Å². The van der Waals surface area contributed by atoms with E-state index in [2.05, 4.69) is 6.92 Å². The van der Waals surface area contributed by atoms with E-state index in [-0.39, 0.29) is 40.4 Å². The molecule has 0 aromatic heterocycles. The minimum atomic E-state index is -0.830. The summed E-state index contributed by atoms with van der Waals surface area (Å²) < 4.78 is 17.7. The van der Waals surface area contributed by atoms with E-state index in [0.717, 1.165) is 44.9 Å². The van der Waals surface area contributed by atoms with Crippen molar-refractivity contribution >= 4 is 11.9 Å². The van der Waals surface area contributed by atoms with Crippen LogP contribution < -0.4 is 0 Å². The summed E-state index contributed by atoms with van der Waals surface area (Å²) >= 11 is 0. The molecule has 5 rings (SSSR count). The van der Waals surface area contributed by atoms with E-state index >= 15 is 0 Å². The Kier molecular flexibility index (Phi) is 4.62. The van der Waals surface area contributed by atoms with Crippen molar-refractivity contribution in [1.29, 1.82) is 0 Å². The van der Waals surface area contributed by atoms with E-state index in [0.29, 0.717) is 37.9 Å². The quantitative estimate of drug-likeness (QED) is 0.705. The smallest absolute Gasteiger partial charge is 0.309 e. The van der Waals surface area contributed by atoms with E-state index in [4.69, 9.17) is 14.2 Å². The van der Waals surface area contributed by atoms with Crippen LogP contribution in [-0.2, 0) is 23.8 Å². The minimum absolute atomic E-state index is 0.0423. The van der Waals surface area contributed by atoms with E-state index in [9.17, 15) is 14.7 Å². The Balaban J connectivity index is 1.44. The van der Waals surface area contributed by atoms with E-state index in [1.807, 2.05) is 6.92 Å². The first-order valence-electron chi connectivity index (χ1n) is 11.9. The van der Waals surface area contributed by atoms with Crippen LogP contribution in [0.25, 0.3) is 0 Å². The molecule has 1 saturated heterocycles. The van der Waals surface area contributed by atoms with Gasteiger partial charge in [-0.2, -0.15) is 0 Å². The van der Waals surface area contributed by atoms with Crippen molar-refractivity contribution in [2.45, 2.75) is 95.9 Å². The molecular weight excluding hydrogens is 384 g/mol. The van der Waals surface area contributed by atoms with Crippen molar-refractivity contribution in [3.63, 3.8) is 0 Å². The largest absolute Gasteiger partial charge is 0.466 e. The third-order valence-electron chi connectivity index (χ3n) is 9.99. The average Bonchev–Trinajstić information content (AvgIpc) is 3.16. The van der Waals surface area contributed by atoms with Crippen LogP contribution in [0.1, 0.15) is 78.6 Å². The summed E-state index contributed by atoms with van der Waals surface area (Å²) in [6, 6.07) is 0. The number of hydrogen-bond donors (Lipinski definition) is 1. The molecule has 0 radical (unpaired) electrons. The molecule has 6 nitrogen and oxygen atoms in total. The summed E-state index contributed by atoms with van der Waals surface area (Å²) in [6.45, 7) is 6.63. The molecular formula is C24H36O6. The van der Waals surface area contributed by atoms with Crippen molar-refractivity contribution in [2.75, 3.05) is 13.2 Å². The molecule has 1 aliphatic heterocycles. The highest BCUT2D eigenvalue weighted by Crippen LogP contribution is 2.74. The Bertz CT molecular complexity index is 752. The second kappa shape index (κ2) is 6.68. The molecule has 0 unspecified atom stereocenters. The third-order valence-corrected chi connectivity index (χ3v) is 9.99. The monoisotopic (exact) mass is 420 g/mol. The van der Waals surface area contributed by atoms with Crippen LogP contribution in [0.2, 0.25) is 0 Å². The fourth-order valence-corrected chi connectivity index (χ4v) is 8.82. The van der Waals surface area contributed by atoms with E-state index < -0.39 is 5.60 Å². The van der Waals surface area contributed by atoms with Gasteiger partial charge in [0.05, 0.1) is 30.3 Å². The zero-order valence-corrected chi connectivity index (χ0v) is 18.6. The minimum Gasteiger partial charge on any atom is -0.466 e. The molecule has 6 heteroatoms. The maximum absolute atomic E-state index is 12.7. The van der Waals surface area contributed by atoms with Gasteiger partial charge in [-0.3, -0.25) is 9.59 Å². The van der Waals surface area contributed by atoms with Gasteiger partial charge in [0.15, 0.2) is 0 Å². The van der Waals surface area contributed by atoms with Crippen LogP contribution in [0.4, 0.5) is 0 Å². The SMILES string of the molecule is CCOC(=O)[C@@H]1CC[C@H]2[C@@]1(C)CC[C@@H]1[C@]23CC[C@@]2(O)C[C@@H](OC(C)=O)CC[C@@]12CO3. The Morgan fingerprint density at radius 1 is 1.07 bits per heavy atom. The fraction of sp³-hybridized carbons (Fsp3) is 0.917. The number of esters is 2. The van der Waals surface area contributed by atoms with E-state index in [1.165, 1.54) is 6.92 Å². The zero-order valence-electron chi connectivity index (χ0n) is 18.6. The standard InChI is InChI=1S/C24H36O6/c1-4-28-20(26)17-5-6-18-21(17,3)9-8-19-22-10-7-16(30-15(2)25)13-23(22,27)11-12-24(18,19)29-14-22/h16-19,27H,4-14H2,1-3H3/t16-,17-,18-,19-,21-,22+,23+,24-/m0/s1. The van der Waals surface area contributed by atoms with Crippen molar-refractivity contribution < 1.29 is 28.9 Å². The highest BCUT2D eigenvalue weighted by molar-refractivity contribution is 5.74. The lowest BCUT2D eigenvalue weighted by molar-refractivity contribution is -0.219. The van der Waals surface area contributed by atoms with Gasteiger partial charge in [-0.15, -0.1) is 0 Å². The van der Waals surface area contributed by atoms with Crippen LogP contribution in [0.15, 0.2) is 0 Å². The van der Waals surface area contributed by atoms with Gasteiger partial charge < -0.3 is 19.3 Å². The molecule has 5 fully saturated rings. The normalized spacial score (nSPS) is 51.5. The molecule has 1 spiro atoms. The fourth-order valence-electron chi connectivity index (χ4n) is 8.82. The molecule has 4 saturated carbocycles. The van der Waals surface area contributed by atoms with Crippen LogP contribution >= 0.6 is 0 Å². The lowest BCUT2D eigenvalue weighted by Crippen LogP contribution is -2.66. The van der Waals surface area contributed by atoms with Crippen molar-refractivity contribution in [2.24, 2.45) is 28.6 Å². The second-order valence-electron chi connectivity index (χ2n) is 10.9. The molecule has 1 heterocycles. The van der Waals surface area contributed by atoms with E-state index in [1.54, 1.807) is 0 Å². The van der Waals surface area contributed by atoms with Crippen LogP contribution in [0.5, 0.6) is 0 Å².